The number of rotatable bonds is 5. The van der Waals surface area contributed by atoms with Gasteiger partial charge in [0.1, 0.15) is 0 Å². The topological polar surface area (TPSA) is 50.9 Å². The standard InChI is InChI=1S/C7H13N3S2/c1-11-5-6(10-8)4-7-9-2-3-12-7/h2-3,6,10H,4-5,8H2,1H3. The van der Waals surface area contributed by atoms with Crippen molar-refractivity contribution in [3.8, 4) is 0 Å². The molecular formula is C7H13N3S2. The van der Waals surface area contributed by atoms with E-state index in [0.717, 1.165) is 17.2 Å². The van der Waals surface area contributed by atoms with Crippen molar-refractivity contribution in [2.45, 2.75) is 12.5 Å². The van der Waals surface area contributed by atoms with Crippen molar-refractivity contribution in [3.63, 3.8) is 0 Å². The molecule has 0 aliphatic rings. The maximum absolute atomic E-state index is 5.39. The molecule has 68 valence electrons. The third kappa shape index (κ3) is 3.10. The summed E-state index contributed by atoms with van der Waals surface area (Å²) >= 11 is 3.47. The maximum Gasteiger partial charge on any atom is 0.0941 e. The van der Waals surface area contributed by atoms with Crippen molar-refractivity contribution in [1.82, 2.24) is 10.4 Å². The van der Waals surface area contributed by atoms with Crippen LogP contribution in [0.4, 0.5) is 0 Å². The number of aromatic nitrogens is 1. The monoisotopic (exact) mass is 203 g/mol. The lowest BCUT2D eigenvalue weighted by Gasteiger charge is -2.11. The van der Waals surface area contributed by atoms with Gasteiger partial charge in [-0.05, 0) is 6.26 Å². The Hall–Kier alpha value is -0.100. The number of hydrogen-bond donors (Lipinski definition) is 2. The lowest BCUT2D eigenvalue weighted by Crippen LogP contribution is -2.38. The molecule has 12 heavy (non-hydrogen) atoms. The maximum atomic E-state index is 5.39. The Balaban J connectivity index is 2.37. The largest absolute Gasteiger partial charge is 0.271 e. The third-order valence-electron chi connectivity index (χ3n) is 1.51. The van der Waals surface area contributed by atoms with Crippen LogP contribution >= 0.6 is 23.1 Å². The van der Waals surface area contributed by atoms with Crippen molar-refractivity contribution >= 4 is 23.1 Å². The van der Waals surface area contributed by atoms with Crippen LogP contribution in [0.2, 0.25) is 0 Å². The van der Waals surface area contributed by atoms with E-state index in [1.165, 1.54) is 0 Å². The molecule has 0 spiro atoms. The highest BCUT2D eigenvalue weighted by Crippen LogP contribution is 2.09. The van der Waals surface area contributed by atoms with E-state index in [9.17, 15) is 0 Å². The first-order valence-electron chi connectivity index (χ1n) is 3.70. The summed E-state index contributed by atoms with van der Waals surface area (Å²) in [5.41, 5.74) is 2.79. The SMILES string of the molecule is CSCC(Cc1nccs1)NN. The van der Waals surface area contributed by atoms with Crippen LogP contribution in [0.1, 0.15) is 5.01 Å². The molecule has 0 saturated carbocycles. The molecule has 0 aliphatic heterocycles. The van der Waals surface area contributed by atoms with Crippen molar-refractivity contribution in [2.75, 3.05) is 12.0 Å². The van der Waals surface area contributed by atoms with Gasteiger partial charge in [0.05, 0.1) is 5.01 Å². The number of nitrogens with two attached hydrogens (primary N) is 1. The van der Waals surface area contributed by atoms with Gasteiger partial charge < -0.3 is 0 Å². The minimum absolute atomic E-state index is 0.339. The summed E-state index contributed by atoms with van der Waals surface area (Å²) in [6.07, 6.45) is 4.83. The van der Waals surface area contributed by atoms with E-state index in [1.54, 1.807) is 23.1 Å². The zero-order valence-corrected chi connectivity index (χ0v) is 8.62. The predicted molar refractivity (Wildman–Crippen MR) is 55.3 cm³/mol. The molecule has 0 aliphatic carbocycles. The van der Waals surface area contributed by atoms with E-state index in [-0.39, 0.29) is 0 Å². The molecule has 1 rings (SSSR count). The average molecular weight is 203 g/mol. The Morgan fingerprint density at radius 2 is 2.67 bits per heavy atom. The van der Waals surface area contributed by atoms with Gasteiger partial charge in [0.15, 0.2) is 0 Å². The summed E-state index contributed by atoms with van der Waals surface area (Å²) in [7, 11) is 0. The molecule has 3 nitrogen and oxygen atoms in total. The van der Waals surface area contributed by atoms with Crippen LogP contribution in [0.25, 0.3) is 0 Å². The number of hydrogen-bond acceptors (Lipinski definition) is 5. The van der Waals surface area contributed by atoms with Gasteiger partial charge in [-0.3, -0.25) is 11.3 Å². The number of thiazole rings is 1. The molecule has 1 aromatic heterocycles. The summed E-state index contributed by atoms with van der Waals surface area (Å²) in [6, 6.07) is 0.339. The fourth-order valence-electron chi connectivity index (χ4n) is 0.932. The van der Waals surface area contributed by atoms with Gasteiger partial charge >= 0.3 is 0 Å². The molecular weight excluding hydrogens is 190 g/mol. The molecule has 1 unspecified atom stereocenters. The van der Waals surface area contributed by atoms with Crippen molar-refractivity contribution < 1.29 is 0 Å². The Bertz CT molecular complexity index is 200. The van der Waals surface area contributed by atoms with Crippen LogP contribution in [0.3, 0.4) is 0 Å². The zero-order chi connectivity index (χ0) is 8.81. The van der Waals surface area contributed by atoms with Gasteiger partial charge in [-0.15, -0.1) is 11.3 Å². The van der Waals surface area contributed by atoms with Gasteiger partial charge in [0.25, 0.3) is 0 Å². The molecule has 1 aromatic rings. The van der Waals surface area contributed by atoms with Crippen LogP contribution in [0.5, 0.6) is 0 Å². The summed E-state index contributed by atoms with van der Waals surface area (Å²) in [5.74, 6) is 6.41. The van der Waals surface area contributed by atoms with Crippen LogP contribution in [0.15, 0.2) is 11.6 Å². The lowest BCUT2D eigenvalue weighted by molar-refractivity contribution is 0.574. The molecule has 0 aromatic carbocycles. The highest BCUT2D eigenvalue weighted by atomic mass is 32.2. The van der Waals surface area contributed by atoms with Gasteiger partial charge in [0.2, 0.25) is 0 Å². The summed E-state index contributed by atoms with van der Waals surface area (Å²) in [6.45, 7) is 0. The van der Waals surface area contributed by atoms with Gasteiger partial charge in [-0.1, -0.05) is 0 Å². The Morgan fingerprint density at radius 1 is 1.83 bits per heavy atom. The Morgan fingerprint density at radius 3 is 3.17 bits per heavy atom. The van der Waals surface area contributed by atoms with E-state index in [0.29, 0.717) is 6.04 Å². The quantitative estimate of drug-likeness (QED) is 0.551. The fourth-order valence-corrected chi connectivity index (χ4v) is 2.25. The minimum atomic E-state index is 0.339. The van der Waals surface area contributed by atoms with Gasteiger partial charge in [-0.25, -0.2) is 4.98 Å². The second-order valence-electron chi connectivity index (χ2n) is 2.45. The number of nitrogens with zero attached hydrogens (tertiary/aromatic N) is 1. The summed E-state index contributed by atoms with van der Waals surface area (Å²) in [5, 5.41) is 3.13. The Kier molecular flexibility index (Phi) is 4.60. The first-order chi connectivity index (χ1) is 5.86. The minimum Gasteiger partial charge on any atom is -0.271 e. The lowest BCUT2D eigenvalue weighted by atomic mass is 10.2. The molecule has 3 N–H and O–H groups in total. The van der Waals surface area contributed by atoms with Crippen molar-refractivity contribution in [2.24, 2.45) is 5.84 Å². The smallest absolute Gasteiger partial charge is 0.0941 e. The third-order valence-corrected chi connectivity index (χ3v) is 3.05. The first kappa shape index (κ1) is 9.98. The van der Waals surface area contributed by atoms with E-state index < -0.39 is 0 Å². The normalized spacial score (nSPS) is 13.2. The van der Waals surface area contributed by atoms with Gasteiger partial charge in [-0.2, -0.15) is 11.8 Å². The molecule has 1 heterocycles. The molecule has 0 radical (unpaired) electrons. The number of hydrazine groups is 1. The fraction of sp³-hybridized carbons (Fsp3) is 0.571. The van der Waals surface area contributed by atoms with E-state index in [1.807, 2.05) is 11.6 Å². The van der Waals surface area contributed by atoms with E-state index in [4.69, 9.17) is 5.84 Å². The van der Waals surface area contributed by atoms with Crippen molar-refractivity contribution in [3.05, 3.63) is 16.6 Å². The molecule has 0 amide bonds. The second kappa shape index (κ2) is 5.53. The van der Waals surface area contributed by atoms with Crippen LogP contribution in [-0.2, 0) is 6.42 Å². The molecule has 0 fully saturated rings. The van der Waals surface area contributed by atoms with E-state index >= 15 is 0 Å². The molecule has 1 atom stereocenters. The second-order valence-corrected chi connectivity index (χ2v) is 4.34. The predicted octanol–water partition coefficient (Wildman–Crippen LogP) is 0.881. The van der Waals surface area contributed by atoms with Crippen LogP contribution < -0.4 is 11.3 Å². The summed E-state index contributed by atoms with van der Waals surface area (Å²) in [4.78, 5) is 4.20. The zero-order valence-electron chi connectivity index (χ0n) is 6.99. The van der Waals surface area contributed by atoms with Crippen LogP contribution in [0, 0.1) is 0 Å². The van der Waals surface area contributed by atoms with Crippen LogP contribution in [-0.4, -0.2) is 23.0 Å². The highest BCUT2D eigenvalue weighted by molar-refractivity contribution is 7.98. The van der Waals surface area contributed by atoms with Crippen molar-refractivity contribution in [1.29, 1.82) is 0 Å². The number of thioether (sulfide) groups is 1. The Labute approximate surface area is 80.7 Å². The van der Waals surface area contributed by atoms with Gasteiger partial charge in [0, 0.05) is 29.8 Å². The summed E-state index contributed by atoms with van der Waals surface area (Å²) < 4.78 is 0. The molecule has 0 saturated heterocycles. The first-order valence-corrected chi connectivity index (χ1v) is 5.97. The molecule has 5 heteroatoms. The molecule has 0 bridgehead atoms. The number of nitrogens with one attached hydrogen (secondary N) is 1. The van der Waals surface area contributed by atoms with E-state index in [2.05, 4.69) is 16.7 Å². The highest BCUT2D eigenvalue weighted by Gasteiger charge is 2.07. The average Bonchev–Trinajstić information content (AvgIpc) is 2.56.